The zero-order chi connectivity index (χ0) is 13.3. The number of rotatable bonds is 5. The largest absolute Gasteiger partial charge is 0.493 e. The van der Waals surface area contributed by atoms with Crippen molar-refractivity contribution in [3.63, 3.8) is 0 Å². The van der Waals surface area contributed by atoms with Gasteiger partial charge in [0.25, 0.3) is 0 Å². The smallest absolute Gasteiger partial charge is 0.119 e. The normalized spacial score (nSPS) is 9.12. The minimum absolute atomic E-state index is 0.538. The van der Waals surface area contributed by atoms with Crippen molar-refractivity contribution in [1.29, 1.82) is 0 Å². The second-order valence-corrected chi connectivity index (χ2v) is 3.90. The summed E-state index contributed by atoms with van der Waals surface area (Å²) >= 11 is 0. The summed E-state index contributed by atoms with van der Waals surface area (Å²) in [4.78, 5) is 0. The van der Waals surface area contributed by atoms with Gasteiger partial charge in [-0.15, -0.1) is 13.2 Å². The van der Waals surface area contributed by atoms with Crippen molar-refractivity contribution in [3.05, 3.63) is 55.6 Å². The molecule has 0 aliphatic heterocycles. The molecule has 1 aromatic rings. The molecule has 0 atom stereocenters. The maximum absolute atomic E-state index is 5.63. The van der Waals surface area contributed by atoms with E-state index in [0.717, 1.165) is 23.5 Å². The Kier molecular flexibility index (Phi) is 7.53. The van der Waals surface area contributed by atoms with E-state index < -0.39 is 0 Å². The SMILES string of the molecule is C=C.C=Cc1ccc(OCC(C)C)cc1C=C. The molecule has 1 aromatic carbocycles. The van der Waals surface area contributed by atoms with Crippen LogP contribution in [0.15, 0.2) is 44.5 Å². The van der Waals surface area contributed by atoms with E-state index in [-0.39, 0.29) is 0 Å². The van der Waals surface area contributed by atoms with Gasteiger partial charge in [-0.05, 0) is 29.2 Å². The summed E-state index contributed by atoms with van der Waals surface area (Å²) in [6, 6.07) is 5.96. The molecule has 1 rings (SSSR count). The van der Waals surface area contributed by atoms with Crippen LogP contribution in [0.1, 0.15) is 25.0 Å². The molecule has 0 aromatic heterocycles. The van der Waals surface area contributed by atoms with E-state index in [9.17, 15) is 0 Å². The number of benzene rings is 1. The van der Waals surface area contributed by atoms with Gasteiger partial charge in [0.05, 0.1) is 6.61 Å². The fourth-order valence-corrected chi connectivity index (χ4v) is 1.27. The monoisotopic (exact) mass is 230 g/mol. The van der Waals surface area contributed by atoms with Crippen LogP contribution in [-0.2, 0) is 0 Å². The van der Waals surface area contributed by atoms with E-state index in [0.29, 0.717) is 5.92 Å². The Morgan fingerprint density at radius 3 is 2.18 bits per heavy atom. The van der Waals surface area contributed by atoms with E-state index in [1.807, 2.05) is 30.4 Å². The lowest BCUT2D eigenvalue weighted by molar-refractivity contribution is 0.271. The van der Waals surface area contributed by atoms with Crippen molar-refractivity contribution in [2.45, 2.75) is 13.8 Å². The molecule has 0 aliphatic carbocycles. The molecule has 0 N–H and O–H groups in total. The highest BCUT2D eigenvalue weighted by Gasteiger charge is 2.00. The van der Waals surface area contributed by atoms with Crippen LogP contribution < -0.4 is 4.74 Å². The Balaban J connectivity index is 0.00000121. The summed E-state index contributed by atoms with van der Waals surface area (Å²) < 4.78 is 5.63. The van der Waals surface area contributed by atoms with Crippen LogP contribution in [0.3, 0.4) is 0 Å². The Hall–Kier alpha value is -1.76. The van der Waals surface area contributed by atoms with Crippen LogP contribution in [-0.4, -0.2) is 6.61 Å². The molecule has 0 saturated carbocycles. The Bertz CT molecular complexity index is 364. The molecule has 0 heterocycles. The fourth-order valence-electron chi connectivity index (χ4n) is 1.27. The minimum atomic E-state index is 0.538. The van der Waals surface area contributed by atoms with Crippen molar-refractivity contribution in [2.24, 2.45) is 5.92 Å². The predicted molar refractivity (Wildman–Crippen MR) is 78.2 cm³/mol. The van der Waals surface area contributed by atoms with Gasteiger partial charge in [-0.2, -0.15) is 0 Å². The summed E-state index contributed by atoms with van der Waals surface area (Å²) in [6.07, 6.45) is 3.64. The van der Waals surface area contributed by atoms with Gasteiger partial charge in [0, 0.05) is 0 Å². The van der Waals surface area contributed by atoms with Gasteiger partial charge >= 0.3 is 0 Å². The summed E-state index contributed by atoms with van der Waals surface area (Å²) in [5.41, 5.74) is 2.15. The first-order valence-corrected chi connectivity index (χ1v) is 5.69. The molecular weight excluding hydrogens is 208 g/mol. The van der Waals surface area contributed by atoms with Gasteiger partial charge in [-0.25, -0.2) is 0 Å². The van der Waals surface area contributed by atoms with Gasteiger partial charge in [-0.1, -0.05) is 45.2 Å². The van der Waals surface area contributed by atoms with E-state index in [2.05, 4.69) is 40.2 Å². The maximum Gasteiger partial charge on any atom is 0.119 e. The fraction of sp³-hybridized carbons (Fsp3) is 0.250. The van der Waals surface area contributed by atoms with Gasteiger partial charge < -0.3 is 4.74 Å². The van der Waals surface area contributed by atoms with Gasteiger partial charge in [0.1, 0.15) is 5.75 Å². The topological polar surface area (TPSA) is 9.23 Å². The van der Waals surface area contributed by atoms with Gasteiger partial charge in [-0.3, -0.25) is 0 Å². The Labute approximate surface area is 105 Å². The lowest BCUT2D eigenvalue weighted by Gasteiger charge is -2.10. The zero-order valence-corrected chi connectivity index (χ0v) is 10.9. The molecule has 92 valence electrons. The van der Waals surface area contributed by atoms with Crippen molar-refractivity contribution < 1.29 is 4.74 Å². The van der Waals surface area contributed by atoms with Gasteiger partial charge in [0.15, 0.2) is 0 Å². The average Bonchev–Trinajstić information content (AvgIpc) is 2.38. The lowest BCUT2D eigenvalue weighted by Crippen LogP contribution is -2.04. The Morgan fingerprint density at radius 1 is 1.12 bits per heavy atom. The summed E-state index contributed by atoms with van der Waals surface area (Å²) in [5.74, 6) is 1.43. The van der Waals surface area contributed by atoms with Crippen LogP contribution in [0, 0.1) is 5.92 Å². The first kappa shape index (κ1) is 15.2. The molecular formula is C16H22O. The molecule has 0 saturated heterocycles. The number of ether oxygens (including phenoxy) is 1. The molecule has 0 spiro atoms. The summed E-state index contributed by atoms with van der Waals surface area (Å²) in [5, 5.41) is 0. The maximum atomic E-state index is 5.63. The number of hydrogen-bond acceptors (Lipinski definition) is 1. The summed E-state index contributed by atoms with van der Waals surface area (Å²) in [6.45, 7) is 18.5. The van der Waals surface area contributed by atoms with Crippen LogP contribution in [0.2, 0.25) is 0 Å². The zero-order valence-electron chi connectivity index (χ0n) is 10.9. The third-order valence-corrected chi connectivity index (χ3v) is 2.08. The highest BCUT2D eigenvalue weighted by Crippen LogP contribution is 2.20. The molecule has 0 fully saturated rings. The van der Waals surface area contributed by atoms with Gasteiger partial charge in [0.2, 0.25) is 0 Å². The quantitative estimate of drug-likeness (QED) is 0.660. The molecule has 0 aliphatic rings. The third-order valence-electron chi connectivity index (χ3n) is 2.08. The van der Waals surface area contributed by atoms with Crippen LogP contribution in [0.4, 0.5) is 0 Å². The van der Waals surface area contributed by atoms with Crippen molar-refractivity contribution >= 4 is 12.2 Å². The second kappa shape index (κ2) is 8.40. The second-order valence-electron chi connectivity index (χ2n) is 3.90. The molecule has 0 amide bonds. The first-order valence-electron chi connectivity index (χ1n) is 5.69. The average molecular weight is 230 g/mol. The number of hydrogen-bond donors (Lipinski definition) is 0. The van der Waals surface area contributed by atoms with Crippen molar-refractivity contribution in [3.8, 4) is 5.75 Å². The highest BCUT2D eigenvalue weighted by molar-refractivity contribution is 5.65. The lowest BCUT2D eigenvalue weighted by atomic mass is 10.1. The van der Waals surface area contributed by atoms with Crippen molar-refractivity contribution in [1.82, 2.24) is 0 Å². The Morgan fingerprint density at radius 2 is 1.71 bits per heavy atom. The summed E-state index contributed by atoms with van der Waals surface area (Å²) in [7, 11) is 0. The predicted octanol–water partition coefficient (Wildman–Crippen LogP) is 4.81. The van der Waals surface area contributed by atoms with Crippen LogP contribution in [0.5, 0.6) is 5.75 Å². The standard InChI is InChI=1S/C14H18O.C2H4/c1-5-12-7-8-14(9-13(12)6-2)15-10-11(3)4;1-2/h5-9,11H,1-2,10H2,3-4H3;1-2H2. The van der Waals surface area contributed by atoms with E-state index in [1.54, 1.807) is 0 Å². The molecule has 0 bridgehead atoms. The molecule has 0 radical (unpaired) electrons. The van der Waals surface area contributed by atoms with E-state index >= 15 is 0 Å². The molecule has 17 heavy (non-hydrogen) atoms. The minimum Gasteiger partial charge on any atom is -0.493 e. The van der Waals surface area contributed by atoms with Crippen LogP contribution in [0.25, 0.3) is 12.2 Å². The van der Waals surface area contributed by atoms with E-state index in [1.165, 1.54) is 0 Å². The highest BCUT2D eigenvalue weighted by atomic mass is 16.5. The molecule has 0 unspecified atom stereocenters. The molecule has 1 heteroatoms. The third kappa shape index (κ3) is 5.21. The van der Waals surface area contributed by atoms with E-state index in [4.69, 9.17) is 4.74 Å². The first-order chi connectivity index (χ1) is 8.17. The van der Waals surface area contributed by atoms with Crippen molar-refractivity contribution in [2.75, 3.05) is 6.61 Å². The van der Waals surface area contributed by atoms with Crippen LogP contribution >= 0.6 is 0 Å². The molecule has 1 nitrogen and oxygen atoms in total.